The lowest BCUT2D eigenvalue weighted by Crippen LogP contribution is -2.48. The summed E-state index contributed by atoms with van der Waals surface area (Å²) in [6.45, 7) is 2.60. The van der Waals surface area contributed by atoms with Crippen molar-refractivity contribution in [1.82, 2.24) is 9.55 Å². The minimum Gasteiger partial charge on any atom is -0.497 e. The minimum atomic E-state index is -1.96. The standard InChI is InChI=1S/C33H34N2O8/c1-21-19-35(31(38)34-30(21)37)29-18-32(39,22(2)36)28(43-29)20-42-33(23-8-6-5-7-9-23,24-10-14-26(40-3)15-11-24)25-12-16-27(41-4)17-13-25/h5-17,19,28-29,39H,18,20H2,1-4H3,(H,34,37,38)/t28-,29-,32+/m1/s1. The van der Waals surface area contributed by atoms with Crippen molar-refractivity contribution >= 4 is 5.78 Å². The van der Waals surface area contributed by atoms with Crippen LogP contribution in [0.1, 0.15) is 41.8 Å². The Hall–Kier alpha value is -4.51. The Balaban J connectivity index is 1.61. The van der Waals surface area contributed by atoms with Crippen LogP contribution >= 0.6 is 0 Å². The molecule has 0 bridgehead atoms. The molecule has 0 amide bonds. The number of hydrogen-bond donors (Lipinski definition) is 2. The number of aliphatic hydroxyl groups is 1. The van der Waals surface area contributed by atoms with Crippen LogP contribution in [-0.4, -0.2) is 53.0 Å². The highest BCUT2D eigenvalue weighted by Gasteiger charge is 2.53. The lowest BCUT2D eigenvalue weighted by atomic mass is 9.79. The van der Waals surface area contributed by atoms with Gasteiger partial charge < -0.3 is 24.1 Å². The van der Waals surface area contributed by atoms with Crippen molar-refractivity contribution in [1.29, 1.82) is 0 Å². The molecular formula is C33H34N2O8. The molecule has 2 heterocycles. The zero-order valence-electron chi connectivity index (χ0n) is 24.4. The van der Waals surface area contributed by atoms with Crippen molar-refractivity contribution in [2.45, 2.75) is 43.8 Å². The SMILES string of the molecule is COc1ccc(C(OC[C@H]2O[C@@H](n3cc(C)c(=O)[nH]c3=O)C[C@]2(O)C(C)=O)(c2ccccc2)c2ccc(OC)cc2)cc1. The third kappa shape index (κ3) is 5.52. The third-order valence-electron chi connectivity index (χ3n) is 8.03. The van der Waals surface area contributed by atoms with Crippen LogP contribution in [0.15, 0.2) is 94.6 Å². The van der Waals surface area contributed by atoms with E-state index in [1.807, 2.05) is 78.9 Å². The van der Waals surface area contributed by atoms with Crippen molar-refractivity contribution in [2.75, 3.05) is 20.8 Å². The molecule has 43 heavy (non-hydrogen) atoms. The Morgan fingerprint density at radius 2 is 1.49 bits per heavy atom. The molecule has 4 aromatic rings. The Labute approximate surface area is 248 Å². The summed E-state index contributed by atoms with van der Waals surface area (Å²) < 4.78 is 25.0. The average Bonchev–Trinajstić information content (AvgIpc) is 3.37. The van der Waals surface area contributed by atoms with Gasteiger partial charge in [-0.05, 0) is 54.8 Å². The van der Waals surface area contributed by atoms with Gasteiger partial charge in [-0.1, -0.05) is 54.6 Å². The summed E-state index contributed by atoms with van der Waals surface area (Å²) in [5.41, 5.74) is -1.80. The number of carbonyl (C=O) groups excluding carboxylic acids is 1. The Morgan fingerprint density at radius 1 is 0.953 bits per heavy atom. The van der Waals surface area contributed by atoms with Gasteiger partial charge in [-0.3, -0.25) is 19.1 Å². The molecule has 1 aliphatic rings. The number of nitrogens with one attached hydrogen (secondary N) is 1. The normalized spacial score (nSPS) is 20.1. The van der Waals surface area contributed by atoms with Gasteiger partial charge in [0.15, 0.2) is 11.4 Å². The molecule has 1 saturated heterocycles. The maximum atomic E-state index is 12.9. The Kier molecular flexibility index (Phi) is 8.36. The van der Waals surface area contributed by atoms with Crippen molar-refractivity contribution in [3.63, 3.8) is 0 Å². The molecule has 5 rings (SSSR count). The van der Waals surface area contributed by atoms with Gasteiger partial charge >= 0.3 is 5.69 Å². The second kappa shape index (κ2) is 12.0. The lowest BCUT2D eigenvalue weighted by molar-refractivity contribution is -0.151. The summed E-state index contributed by atoms with van der Waals surface area (Å²) in [6, 6.07) is 24.5. The third-order valence-corrected chi connectivity index (χ3v) is 8.03. The topological polar surface area (TPSA) is 129 Å². The van der Waals surface area contributed by atoms with E-state index in [2.05, 4.69) is 4.98 Å². The summed E-state index contributed by atoms with van der Waals surface area (Å²) in [4.78, 5) is 39.7. The van der Waals surface area contributed by atoms with E-state index >= 15 is 0 Å². The summed E-state index contributed by atoms with van der Waals surface area (Å²) in [5, 5.41) is 11.6. The van der Waals surface area contributed by atoms with Gasteiger partial charge in [-0.2, -0.15) is 0 Å². The van der Waals surface area contributed by atoms with E-state index in [0.717, 1.165) is 16.7 Å². The van der Waals surface area contributed by atoms with Gasteiger partial charge in [-0.15, -0.1) is 0 Å². The molecule has 2 N–H and O–H groups in total. The maximum Gasteiger partial charge on any atom is 0.330 e. The molecule has 3 atom stereocenters. The fourth-order valence-electron chi connectivity index (χ4n) is 5.53. The lowest BCUT2D eigenvalue weighted by Gasteiger charge is -2.38. The van der Waals surface area contributed by atoms with Gasteiger partial charge in [0, 0.05) is 18.2 Å². The molecule has 0 radical (unpaired) electrons. The van der Waals surface area contributed by atoms with Crippen LogP contribution in [-0.2, 0) is 19.9 Å². The highest BCUT2D eigenvalue weighted by Crippen LogP contribution is 2.44. The Morgan fingerprint density at radius 3 is 2.00 bits per heavy atom. The summed E-state index contributed by atoms with van der Waals surface area (Å²) in [5.74, 6) is 0.794. The zero-order valence-corrected chi connectivity index (χ0v) is 24.4. The predicted octanol–water partition coefficient (Wildman–Crippen LogP) is 3.48. The van der Waals surface area contributed by atoms with E-state index in [0.29, 0.717) is 11.5 Å². The smallest absolute Gasteiger partial charge is 0.330 e. The number of hydrogen-bond acceptors (Lipinski definition) is 8. The van der Waals surface area contributed by atoms with Crippen molar-refractivity contribution in [3.05, 3.63) is 128 Å². The quantitative estimate of drug-likeness (QED) is 0.270. The number of aryl methyl sites for hydroxylation is 1. The molecule has 10 nitrogen and oxygen atoms in total. The highest BCUT2D eigenvalue weighted by molar-refractivity contribution is 5.85. The largest absolute Gasteiger partial charge is 0.497 e. The molecule has 224 valence electrons. The molecule has 1 fully saturated rings. The number of ether oxygens (including phenoxy) is 4. The first kappa shape index (κ1) is 30.0. The number of carbonyl (C=O) groups is 1. The van der Waals surface area contributed by atoms with E-state index in [1.54, 1.807) is 21.1 Å². The first-order chi connectivity index (χ1) is 20.6. The fourth-order valence-corrected chi connectivity index (χ4v) is 5.53. The number of benzene rings is 3. The van der Waals surface area contributed by atoms with Crippen molar-refractivity contribution in [2.24, 2.45) is 0 Å². The summed E-state index contributed by atoms with van der Waals surface area (Å²) in [7, 11) is 3.18. The molecule has 3 aromatic carbocycles. The van der Waals surface area contributed by atoms with Gasteiger partial charge in [0.05, 0.1) is 20.8 Å². The molecule has 0 spiro atoms. The number of nitrogens with zero attached hydrogens (tertiary/aromatic N) is 1. The first-order valence-corrected chi connectivity index (χ1v) is 13.8. The van der Waals surface area contributed by atoms with Gasteiger partial charge in [-0.25, -0.2) is 4.79 Å². The highest BCUT2D eigenvalue weighted by atomic mass is 16.6. The number of H-pyrrole nitrogens is 1. The van der Waals surface area contributed by atoms with Gasteiger partial charge in [0.25, 0.3) is 5.56 Å². The monoisotopic (exact) mass is 586 g/mol. The van der Waals surface area contributed by atoms with Crippen LogP contribution < -0.4 is 20.7 Å². The minimum absolute atomic E-state index is 0.203. The number of Topliss-reactive ketones (excluding diaryl/α,β-unsaturated/α-hetero) is 1. The molecular weight excluding hydrogens is 552 g/mol. The second-order valence-corrected chi connectivity index (χ2v) is 10.6. The van der Waals surface area contributed by atoms with Crippen LogP contribution in [0.2, 0.25) is 0 Å². The van der Waals surface area contributed by atoms with Gasteiger partial charge in [0.2, 0.25) is 0 Å². The zero-order chi connectivity index (χ0) is 30.8. The number of aromatic amines is 1. The number of methoxy groups -OCH3 is 2. The van der Waals surface area contributed by atoms with E-state index in [-0.39, 0.29) is 18.6 Å². The van der Waals surface area contributed by atoms with Crippen LogP contribution in [0.5, 0.6) is 11.5 Å². The first-order valence-electron chi connectivity index (χ1n) is 13.8. The maximum absolute atomic E-state index is 12.9. The van der Waals surface area contributed by atoms with Crippen LogP contribution in [0.25, 0.3) is 0 Å². The van der Waals surface area contributed by atoms with Crippen molar-refractivity contribution in [3.8, 4) is 11.5 Å². The number of aromatic nitrogens is 2. The van der Waals surface area contributed by atoms with E-state index in [4.69, 9.17) is 18.9 Å². The molecule has 0 unspecified atom stereocenters. The fraction of sp³-hybridized carbons (Fsp3) is 0.303. The Bertz CT molecular complexity index is 1650. The van der Waals surface area contributed by atoms with Crippen molar-refractivity contribution < 1.29 is 28.8 Å². The van der Waals surface area contributed by atoms with E-state index in [9.17, 15) is 19.5 Å². The summed E-state index contributed by atoms with van der Waals surface area (Å²) in [6.07, 6.45) is -1.00. The van der Waals surface area contributed by atoms with Crippen LogP contribution in [0, 0.1) is 6.92 Å². The number of ketones is 1. The second-order valence-electron chi connectivity index (χ2n) is 10.6. The molecule has 1 aromatic heterocycles. The molecule has 0 saturated carbocycles. The summed E-state index contributed by atoms with van der Waals surface area (Å²) >= 11 is 0. The number of rotatable bonds is 10. The van der Waals surface area contributed by atoms with E-state index < -0.39 is 40.6 Å². The molecule has 10 heteroatoms. The molecule has 0 aliphatic carbocycles. The van der Waals surface area contributed by atoms with Gasteiger partial charge in [0.1, 0.15) is 29.4 Å². The molecule has 1 aliphatic heterocycles. The average molecular weight is 587 g/mol. The van der Waals surface area contributed by atoms with E-state index in [1.165, 1.54) is 17.7 Å². The predicted molar refractivity (Wildman–Crippen MR) is 158 cm³/mol. The van der Waals surface area contributed by atoms with Crippen LogP contribution in [0.3, 0.4) is 0 Å². The van der Waals surface area contributed by atoms with Crippen LogP contribution in [0.4, 0.5) is 0 Å².